The molecule has 152 valence electrons. The van der Waals surface area contributed by atoms with Crippen molar-refractivity contribution in [3.8, 4) is 0 Å². The van der Waals surface area contributed by atoms with Crippen molar-refractivity contribution in [2.75, 3.05) is 7.05 Å². The van der Waals surface area contributed by atoms with Gasteiger partial charge in [0.1, 0.15) is 18.6 Å². The van der Waals surface area contributed by atoms with E-state index in [2.05, 4.69) is 30.7 Å². The van der Waals surface area contributed by atoms with Gasteiger partial charge < -0.3 is 26.0 Å². The van der Waals surface area contributed by atoms with Crippen LogP contribution in [0.5, 0.6) is 0 Å². The number of amides is 1. The van der Waals surface area contributed by atoms with Gasteiger partial charge in [0.2, 0.25) is 5.91 Å². The Morgan fingerprint density at radius 2 is 1.77 bits per heavy atom. The van der Waals surface area contributed by atoms with Crippen LogP contribution >= 0.6 is 0 Å². The van der Waals surface area contributed by atoms with Gasteiger partial charge in [0, 0.05) is 6.04 Å². The zero-order chi connectivity index (χ0) is 21.1. The highest BCUT2D eigenvalue weighted by Crippen LogP contribution is 2.03. The average Bonchev–Trinajstić information content (AvgIpc) is 2.60. The van der Waals surface area contributed by atoms with Crippen LogP contribution in [0, 0.1) is 5.92 Å². The predicted molar refractivity (Wildman–Crippen MR) is 110 cm³/mol. The third kappa shape index (κ3) is 17.0. The monoisotopic (exact) mass is 369 g/mol. The van der Waals surface area contributed by atoms with Crippen molar-refractivity contribution in [2.24, 2.45) is 11.7 Å². The van der Waals surface area contributed by atoms with E-state index < -0.39 is 6.04 Å². The quantitative estimate of drug-likeness (QED) is 0.405. The molecule has 4 N–H and O–H groups in total. The summed E-state index contributed by atoms with van der Waals surface area (Å²) < 4.78 is 0. The van der Waals surface area contributed by atoms with Gasteiger partial charge in [0.05, 0.1) is 6.04 Å². The van der Waals surface area contributed by atoms with E-state index in [9.17, 15) is 9.59 Å². The summed E-state index contributed by atoms with van der Waals surface area (Å²) in [6.45, 7) is 16.6. The van der Waals surface area contributed by atoms with Crippen molar-refractivity contribution in [1.82, 2.24) is 10.6 Å². The van der Waals surface area contributed by atoms with Crippen LogP contribution < -0.4 is 16.4 Å². The maximum atomic E-state index is 11.5. The Hall–Kier alpha value is -1.79. The minimum atomic E-state index is -0.629. The number of carbonyl (C=O) groups excluding carboxylic acids is 3. The lowest BCUT2D eigenvalue weighted by Crippen LogP contribution is -2.46. The van der Waals surface area contributed by atoms with Crippen LogP contribution in [0.3, 0.4) is 0 Å². The van der Waals surface area contributed by atoms with Crippen molar-refractivity contribution >= 4 is 18.5 Å². The minimum absolute atomic E-state index is 0.0344. The molecule has 26 heavy (non-hydrogen) atoms. The maximum absolute atomic E-state index is 11.5. The van der Waals surface area contributed by atoms with E-state index in [1.54, 1.807) is 13.0 Å². The molecular formula is C20H39N3O3. The van der Waals surface area contributed by atoms with Crippen LogP contribution in [0.15, 0.2) is 24.8 Å². The number of rotatable bonds is 10. The number of aldehydes is 2. The van der Waals surface area contributed by atoms with Gasteiger partial charge in [-0.1, -0.05) is 51.8 Å². The standard InChI is InChI=1S/C11H20N2O.C7H15NO.C2H4O/c1-6-9(7(2)3)13-11(14)10(12)8(4)5;1-3-4-5-7(6-9)8-2;1-2-3/h6-7,9-10H,1,4,12H2,2-3,5H3,(H,13,14);6-8H,3-5H2,1-2H3;2H,1H3. The van der Waals surface area contributed by atoms with Crippen LogP contribution in [0.2, 0.25) is 0 Å². The molecule has 0 aliphatic heterocycles. The highest BCUT2D eigenvalue weighted by atomic mass is 16.2. The van der Waals surface area contributed by atoms with Gasteiger partial charge in [-0.05, 0) is 33.2 Å². The molecule has 0 aromatic carbocycles. The number of nitrogens with two attached hydrogens (primary N) is 1. The van der Waals surface area contributed by atoms with Crippen molar-refractivity contribution in [3.05, 3.63) is 24.8 Å². The molecule has 3 atom stereocenters. The first-order valence-corrected chi connectivity index (χ1v) is 9.02. The molecule has 1 amide bonds. The van der Waals surface area contributed by atoms with E-state index in [0.29, 0.717) is 11.5 Å². The molecule has 0 aliphatic rings. The van der Waals surface area contributed by atoms with Crippen molar-refractivity contribution < 1.29 is 14.4 Å². The fourth-order valence-electron chi connectivity index (χ4n) is 1.68. The number of hydrogen-bond donors (Lipinski definition) is 3. The lowest BCUT2D eigenvalue weighted by Gasteiger charge is -2.21. The van der Waals surface area contributed by atoms with Gasteiger partial charge in [-0.2, -0.15) is 0 Å². The molecule has 0 saturated heterocycles. The molecule has 6 heteroatoms. The Kier molecular flexibility index (Phi) is 21.8. The number of hydrogen-bond acceptors (Lipinski definition) is 5. The molecule has 0 spiro atoms. The first-order valence-electron chi connectivity index (χ1n) is 9.02. The van der Waals surface area contributed by atoms with Crippen LogP contribution in [0.4, 0.5) is 0 Å². The number of likely N-dealkylation sites (N-methyl/N-ethyl adjacent to an activating group) is 1. The van der Waals surface area contributed by atoms with Gasteiger partial charge in [0.15, 0.2) is 0 Å². The molecule has 0 saturated carbocycles. The van der Waals surface area contributed by atoms with E-state index in [-0.39, 0.29) is 18.0 Å². The smallest absolute Gasteiger partial charge is 0.241 e. The molecule has 0 aromatic rings. The van der Waals surface area contributed by atoms with E-state index in [4.69, 9.17) is 10.5 Å². The van der Waals surface area contributed by atoms with E-state index in [1.165, 1.54) is 6.92 Å². The third-order valence-electron chi connectivity index (χ3n) is 3.50. The Balaban J connectivity index is -0.000000377. The molecule has 0 bridgehead atoms. The summed E-state index contributed by atoms with van der Waals surface area (Å²) in [5, 5.41) is 5.72. The van der Waals surface area contributed by atoms with Crippen molar-refractivity contribution in [2.45, 2.75) is 72.0 Å². The fourth-order valence-corrected chi connectivity index (χ4v) is 1.68. The highest BCUT2D eigenvalue weighted by Gasteiger charge is 2.18. The normalized spacial score (nSPS) is 12.9. The third-order valence-corrected chi connectivity index (χ3v) is 3.50. The van der Waals surface area contributed by atoms with E-state index in [1.807, 2.05) is 20.9 Å². The second kappa shape index (κ2) is 19.5. The molecular weight excluding hydrogens is 330 g/mol. The molecule has 3 unspecified atom stereocenters. The number of carbonyl (C=O) groups is 3. The zero-order valence-corrected chi connectivity index (χ0v) is 17.4. The summed E-state index contributed by atoms with van der Waals surface area (Å²) in [5.74, 6) is 0.116. The van der Waals surface area contributed by atoms with Crippen LogP contribution in [-0.2, 0) is 14.4 Å². The molecule has 0 heterocycles. The SMILES string of the molecule is C=CC(NC(=O)C(N)C(=C)C)C(C)C.CC=O.CCCCC(C=O)NC. The molecule has 0 aromatic heterocycles. The number of nitrogens with one attached hydrogen (secondary N) is 2. The topological polar surface area (TPSA) is 101 Å². The molecule has 0 fully saturated rings. The second-order valence-electron chi connectivity index (χ2n) is 6.25. The maximum Gasteiger partial charge on any atom is 0.241 e. The molecule has 0 aliphatic carbocycles. The summed E-state index contributed by atoms with van der Waals surface area (Å²) in [6, 6.07) is -0.589. The Bertz CT molecular complexity index is 409. The predicted octanol–water partition coefficient (Wildman–Crippen LogP) is 2.39. The zero-order valence-electron chi connectivity index (χ0n) is 17.4. The second-order valence-corrected chi connectivity index (χ2v) is 6.25. The average molecular weight is 370 g/mol. The molecule has 6 nitrogen and oxygen atoms in total. The summed E-state index contributed by atoms with van der Waals surface area (Å²) in [7, 11) is 1.81. The van der Waals surface area contributed by atoms with E-state index >= 15 is 0 Å². The Morgan fingerprint density at radius 1 is 1.27 bits per heavy atom. The largest absolute Gasteiger partial charge is 0.348 e. The van der Waals surface area contributed by atoms with Gasteiger partial charge in [-0.15, -0.1) is 6.58 Å². The van der Waals surface area contributed by atoms with Crippen LogP contribution in [0.1, 0.15) is 53.9 Å². The fraction of sp³-hybridized carbons (Fsp3) is 0.650. The Labute approximate surface area is 159 Å². The summed E-state index contributed by atoms with van der Waals surface area (Å²) in [5.41, 5.74) is 6.28. The van der Waals surface area contributed by atoms with Crippen molar-refractivity contribution in [3.63, 3.8) is 0 Å². The van der Waals surface area contributed by atoms with Crippen molar-refractivity contribution in [1.29, 1.82) is 0 Å². The first-order chi connectivity index (χ1) is 12.2. The lowest BCUT2D eigenvalue weighted by molar-refractivity contribution is -0.122. The first kappa shape index (κ1) is 29.0. The van der Waals surface area contributed by atoms with Gasteiger partial charge in [0.25, 0.3) is 0 Å². The highest BCUT2D eigenvalue weighted by molar-refractivity contribution is 5.84. The Morgan fingerprint density at radius 3 is 2.04 bits per heavy atom. The lowest BCUT2D eigenvalue weighted by atomic mass is 10.0. The van der Waals surface area contributed by atoms with Gasteiger partial charge >= 0.3 is 0 Å². The molecule has 0 radical (unpaired) electrons. The number of unbranched alkanes of at least 4 members (excludes halogenated alkanes) is 1. The van der Waals surface area contributed by atoms with E-state index in [0.717, 1.165) is 31.8 Å². The van der Waals surface area contributed by atoms with Gasteiger partial charge in [-0.3, -0.25) is 4.79 Å². The minimum Gasteiger partial charge on any atom is -0.348 e. The van der Waals surface area contributed by atoms with Gasteiger partial charge in [-0.25, -0.2) is 0 Å². The summed E-state index contributed by atoms with van der Waals surface area (Å²) in [6.07, 6.45) is 6.69. The molecule has 0 rings (SSSR count). The van der Waals surface area contributed by atoms with Crippen LogP contribution in [0.25, 0.3) is 0 Å². The summed E-state index contributed by atoms with van der Waals surface area (Å²) in [4.78, 5) is 30.5. The van der Waals surface area contributed by atoms with Crippen LogP contribution in [-0.4, -0.2) is 43.7 Å². The summed E-state index contributed by atoms with van der Waals surface area (Å²) >= 11 is 0.